The summed E-state index contributed by atoms with van der Waals surface area (Å²) in [6.45, 7) is 5.14. The molecule has 0 aromatic rings. The van der Waals surface area contributed by atoms with Crippen LogP contribution in [0.4, 0.5) is 0 Å². The van der Waals surface area contributed by atoms with Crippen molar-refractivity contribution in [1.29, 1.82) is 0 Å². The van der Waals surface area contributed by atoms with Gasteiger partial charge in [0.2, 0.25) is 0 Å². The Bertz CT molecular complexity index is 124. The van der Waals surface area contributed by atoms with Crippen molar-refractivity contribution in [2.75, 3.05) is 39.8 Å². The van der Waals surface area contributed by atoms with Gasteiger partial charge in [-0.3, -0.25) is 0 Å². The van der Waals surface area contributed by atoms with E-state index in [0.29, 0.717) is 0 Å². The van der Waals surface area contributed by atoms with Crippen molar-refractivity contribution >= 4 is 24.8 Å². The first-order valence-electron chi connectivity index (χ1n) is 3.84. The number of halogens is 2. The highest BCUT2D eigenvalue weighted by Crippen LogP contribution is 2.24. The molecule has 2 fully saturated rings. The van der Waals surface area contributed by atoms with Crippen LogP contribution in [0.2, 0.25) is 0 Å². The summed E-state index contributed by atoms with van der Waals surface area (Å²) < 4.78 is 5.67. The summed E-state index contributed by atoms with van der Waals surface area (Å²) >= 11 is 0. The lowest BCUT2D eigenvalue weighted by atomic mass is 9.93. The smallest absolute Gasteiger partial charge is 0.106 e. The summed E-state index contributed by atoms with van der Waals surface area (Å²) in [5.74, 6) is 0. The molecule has 1 spiro atoms. The molecule has 12 heavy (non-hydrogen) atoms. The van der Waals surface area contributed by atoms with Gasteiger partial charge in [-0.15, -0.1) is 24.8 Å². The predicted octanol–water partition coefficient (Wildman–Crippen LogP) is 0.134. The summed E-state index contributed by atoms with van der Waals surface area (Å²) in [4.78, 5) is 2.28. The first-order valence-corrected chi connectivity index (χ1v) is 3.84. The van der Waals surface area contributed by atoms with Gasteiger partial charge in [-0.1, -0.05) is 0 Å². The van der Waals surface area contributed by atoms with Crippen LogP contribution in [0.1, 0.15) is 0 Å². The maximum Gasteiger partial charge on any atom is 0.106 e. The van der Waals surface area contributed by atoms with Crippen LogP contribution in [-0.2, 0) is 4.74 Å². The van der Waals surface area contributed by atoms with E-state index in [1.165, 1.54) is 0 Å². The van der Waals surface area contributed by atoms with E-state index in [-0.39, 0.29) is 30.4 Å². The molecule has 0 radical (unpaired) electrons. The Kier molecular flexibility index (Phi) is 4.81. The molecule has 5 heteroatoms. The molecule has 0 bridgehead atoms. The fraction of sp³-hybridized carbons (Fsp3) is 1.00. The first kappa shape index (κ1) is 12.5. The molecule has 0 aromatic heterocycles. The van der Waals surface area contributed by atoms with Gasteiger partial charge in [0.15, 0.2) is 0 Å². The van der Waals surface area contributed by atoms with Gasteiger partial charge >= 0.3 is 0 Å². The van der Waals surface area contributed by atoms with Crippen molar-refractivity contribution in [2.45, 2.75) is 5.60 Å². The van der Waals surface area contributed by atoms with Crippen LogP contribution < -0.4 is 5.32 Å². The third-order valence-electron chi connectivity index (χ3n) is 2.25. The Morgan fingerprint density at radius 2 is 2.00 bits per heavy atom. The Labute approximate surface area is 85.6 Å². The van der Waals surface area contributed by atoms with Crippen LogP contribution in [0.15, 0.2) is 0 Å². The normalized spacial score (nSPS) is 26.8. The Balaban J connectivity index is 0.000000605. The highest BCUT2D eigenvalue weighted by atomic mass is 35.5. The van der Waals surface area contributed by atoms with Gasteiger partial charge in [0.1, 0.15) is 5.60 Å². The molecule has 0 atom stereocenters. The SMILES string of the molecule is CN1CC2(CNCCO2)C1.Cl.Cl. The number of nitrogens with one attached hydrogen (secondary N) is 1. The van der Waals surface area contributed by atoms with Crippen LogP contribution in [0.3, 0.4) is 0 Å². The molecule has 2 aliphatic rings. The number of ether oxygens (including phenoxy) is 1. The fourth-order valence-electron chi connectivity index (χ4n) is 1.85. The van der Waals surface area contributed by atoms with Crippen LogP contribution in [0, 0.1) is 0 Å². The van der Waals surface area contributed by atoms with Crippen LogP contribution >= 0.6 is 24.8 Å². The minimum absolute atomic E-state index is 0. The standard InChI is InChI=1S/C7H14N2O.2ClH/c1-9-5-7(6-9)4-8-2-3-10-7;;/h8H,2-6H2,1H3;2*1H. The average molecular weight is 215 g/mol. The zero-order valence-corrected chi connectivity index (χ0v) is 8.84. The monoisotopic (exact) mass is 214 g/mol. The lowest BCUT2D eigenvalue weighted by molar-refractivity contribution is -0.148. The van der Waals surface area contributed by atoms with E-state index >= 15 is 0 Å². The molecular formula is C7H16Cl2N2O. The number of rotatable bonds is 0. The number of morpholine rings is 1. The molecule has 0 aliphatic carbocycles. The quantitative estimate of drug-likeness (QED) is 0.621. The summed E-state index contributed by atoms with van der Waals surface area (Å²) in [5, 5.41) is 3.35. The lowest BCUT2D eigenvalue weighted by Gasteiger charge is -2.50. The van der Waals surface area contributed by atoms with Crippen molar-refractivity contribution in [3.8, 4) is 0 Å². The van der Waals surface area contributed by atoms with E-state index in [9.17, 15) is 0 Å². The summed E-state index contributed by atoms with van der Waals surface area (Å²) in [6.07, 6.45) is 0. The second-order valence-corrected chi connectivity index (χ2v) is 3.38. The second kappa shape index (κ2) is 4.63. The highest BCUT2D eigenvalue weighted by Gasteiger charge is 2.43. The predicted molar refractivity (Wildman–Crippen MR) is 53.5 cm³/mol. The van der Waals surface area contributed by atoms with Crippen molar-refractivity contribution in [3.63, 3.8) is 0 Å². The summed E-state index contributed by atoms with van der Waals surface area (Å²) in [5.41, 5.74) is 0.188. The van der Waals surface area contributed by atoms with Crippen LogP contribution in [0.5, 0.6) is 0 Å². The van der Waals surface area contributed by atoms with Gasteiger partial charge in [0, 0.05) is 26.2 Å². The van der Waals surface area contributed by atoms with E-state index in [0.717, 1.165) is 32.8 Å². The van der Waals surface area contributed by atoms with Gasteiger partial charge in [-0.2, -0.15) is 0 Å². The highest BCUT2D eigenvalue weighted by molar-refractivity contribution is 5.85. The maximum atomic E-state index is 5.67. The van der Waals surface area contributed by atoms with E-state index in [4.69, 9.17) is 4.74 Å². The van der Waals surface area contributed by atoms with E-state index in [2.05, 4.69) is 17.3 Å². The van der Waals surface area contributed by atoms with Crippen molar-refractivity contribution < 1.29 is 4.74 Å². The first-order chi connectivity index (χ1) is 4.81. The van der Waals surface area contributed by atoms with Gasteiger partial charge in [0.05, 0.1) is 6.61 Å². The number of likely N-dealkylation sites (tertiary alicyclic amines) is 1. The van der Waals surface area contributed by atoms with Crippen molar-refractivity contribution in [1.82, 2.24) is 10.2 Å². The maximum absolute atomic E-state index is 5.67. The van der Waals surface area contributed by atoms with Crippen LogP contribution in [-0.4, -0.2) is 50.3 Å². The zero-order valence-electron chi connectivity index (χ0n) is 7.21. The molecule has 0 saturated carbocycles. The topological polar surface area (TPSA) is 24.5 Å². The Morgan fingerprint density at radius 3 is 2.42 bits per heavy atom. The number of hydrogen-bond acceptors (Lipinski definition) is 3. The van der Waals surface area contributed by atoms with E-state index in [1.807, 2.05) is 0 Å². The number of likely N-dealkylation sites (N-methyl/N-ethyl adjacent to an activating group) is 1. The van der Waals surface area contributed by atoms with Crippen molar-refractivity contribution in [2.24, 2.45) is 0 Å². The lowest BCUT2D eigenvalue weighted by Crippen LogP contribution is -2.68. The van der Waals surface area contributed by atoms with Gasteiger partial charge in [0.25, 0.3) is 0 Å². The molecule has 74 valence electrons. The molecule has 2 aliphatic heterocycles. The zero-order chi connectivity index (χ0) is 7.03. The van der Waals surface area contributed by atoms with Crippen molar-refractivity contribution in [3.05, 3.63) is 0 Å². The summed E-state index contributed by atoms with van der Waals surface area (Å²) in [6, 6.07) is 0. The number of hydrogen-bond donors (Lipinski definition) is 1. The fourth-order valence-corrected chi connectivity index (χ4v) is 1.85. The Morgan fingerprint density at radius 1 is 1.33 bits per heavy atom. The molecule has 3 nitrogen and oxygen atoms in total. The van der Waals surface area contributed by atoms with E-state index in [1.54, 1.807) is 0 Å². The average Bonchev–Trinajstić information content (AvgIpc) is 1.87. The molecule has 1 N–H and O–H groups in total. The van der Waals surface area contributed by atoms with Crippen LogP contribution in [0.25, 0.3) is 0 Å². The largest absolute Gasteiger partial charge is 0.370 e. The minimum atomic E-state index is 0. The molecular weight excluding hydrogens is 199 g/mol. The Hall–Kier alpha value is 0.460. The third kappa shape index (κ3) is 2.24. The molecule has 2 saturated heterocycles. The second-order valence-electron chi connectivity index (χ2n) is 3.38. The molecule has 2 heterocycles. The minimum Gasteiger partial charge on any atom is -0.370 e. The van der Waals surface area contributed by atoms with Gasteiger partial charge in [-0.25, -0.2) is 0 Å². The molecule has 0 unspecified atom stereocenters. The van der Waals surface area contributed by atoms with Gasteiger partial charge in [-0.05, 0) is 7.05 Å². The molecule has 0 amide bonds. The number of nitrogens with zero attached hydrogens (tertiary/aromatic N) is 1. The van der Waals surface area contributed by atoms with E-state index < -0.39 is 0 Å². The van der Waals surface area contributed by atoms with Gasteiger partial charge < -0.3 is 15.0 Å². The summed E-state index contributed by atoms with van der Waals surface area (Å²) in [7, 11) is 2.13. The molecule has 2 rings (SSSR count). The molecule has 0 aromatic carbocycles. The third-order valence-corrected chi connectivity index (χ3v) is 2.25.